The molecule has 3 nitrogen and oxygen atoms in total. The monoisotopic (exact) mass is 349 g/mol. The molecule has 4 saturated carbocycles. The minimum absolute atomic E-state index is 0.336. The van der Waals surface area contributed by atoms with Gasteiger partial charge in [0.25, 0.3) is 0 Å². The highest BCUT2D eigenvalue weighted by Gasteiger charge is 2.59. The lowest BCUT2D eigenvalue weighted by atomic mass is 9.49. The highest BCUT2D eigenvalue weighted by molar-refractivity contribution is 9.10. The second-order valence-corrected chi connectivity index (χ2v) is 9.98. The number of hydrogen-bond acceptors (Lipinski definition) is 2. The quantitative estimate of drug-likeness (QED) is 0.717. The summed E-state index contributed by atoms with van der Waals surface area (Å²) in [5.74, 6) is 4.47. The van der Waals surface area contributed by atoms with Crippen molar-refractivity contribution in [1.29, 1.82) is 0 Å². The Balaban J connectivity index is 1.59. The molecule has 4 bridgehead atoms. The molecule has 2 heterocycles. The van der Waals surface area contributed by atoms with E-state index < -0.39 is 0 Å². The molecule has 0 N–H and O–H groups in total. The van der Waals surface area contributed by atoms with E-state index >= 15 is 0 Å². The van der Waals surface area contributed by atoms with E-state index in [1.54, 1.807) is 0 Å². The van der Waals surface area contributed by atoms with E-state index in [1.807, 2.05) is 0 Å². The van der Waals surface area contributed by atoms with Crippen LogP contribution in [0.5, 0.6) is 0 Å². The van der Waals surface area contributed by atoms with Crippen LogP contribution in [0.2, 0.25) is 0 Å². The van der Waals surface area contributed by atoms with Crippen molar-refractivity contribution in [2.45, 2.75) is 80.5 Å². The molecule has 1 aromatic heterocycles. The second kappa shape index (κ2) is 4.33. The molecule has 1 aromatic rings. The Bertz CT molecular complexity index is 565. The van der Waals surface area contributed by atoms with Crippen LogP contribution in [-0.4, -0.2) is 19.1 Å². The molecule has 0 amide bonds. The van der Waals surface area contributed by atoms with Crippen LogP contribution in [0.4, 0.5) is 0 Å². The zero-order valence-corrected chi connectivity index (χ0v) is 14.2. The summed E-state index contributed by atoms with van der Waals surface area (Å²) in [5.41, 5.74) is 0.336. The fraction of sp³-hybridized carbons (Fsp3) is 0.882. The minimum atomic E-state index is 0.336. The van der Waals surface area contributed by atoms with E-state index in [0.29, 0.717) is 9.74 Å². The summed E-state index contributed by atoms with van der Waals surface area (Å²) in [5, 5.41) is 9.35. The summed E-state index contributed by atoms with van der Waals surface area (Å²) in [7, 11) is 0. The molecule has 0 saturated heterocycles. The van der Waals surface area contributed by atoms with Gasteiger partial charge in [-0.2, -0.15) is 0 Å². The molecule has 0 aromatic carbocycles. The van der Waals surface area contributed by atoms with Gasteiger partial charge in [-0.1, -0.05) is 22.4 Å². The van der Waals surface area contributed by atoms with Crippen molar-refractivity contribution in [1.82, 2.24) is 14.8 Å². The van der Waals surface area contributed by atoms with Crippen molar-refractivity contribution < 1.29 is 0 Å². The number of aryl methyl sites for hydroxylation is 1. The maximum absolute atomic E-state index is 4.75. The Morgan fingerprint density at radius 1 is 1.00 bits per heavy atom. The van der Waals surface area contributed by atoms with Crippen LogP contribution in [0.25, 0.3) is 0 Å². The molecule has 0 radical (unpaired) electrons. The average Bonchev–Trinajstić information content (AvgIpc) is 2.67. The van der Waals surface area contributed by atoms with Gasteiger partial charge in [0, 0.05) is 22.7 Å². The van der Waals surface area contributed by atoms with E-state index in [2.05, 4.69) is 25.6 Å². The number of alkyl halides is 1. The number of rotatable bonds is 1. The van der Waals surface area contributed by atoms with Crippen LogP contribution in [0.3, 0.4) is 0 Å². The third kappa shape index (κ3) is 1.90. The van der Waals surface area contributed by atoms with Gasteiger partial charge in [0.1, 0.15) is 11.6 Å². The van der Waals surface area contributed by atoms with Crippen molar-refractivity contribution in [3.05, 3.63) is 11.6 Å². The van der Waals surface area contributed by atoms with Crippen molar-refractivity contribution in [2.75, 3.05) is 0 Å². The maximum Gasteiger partial charge on any atom is 0.139 e. The van der Waals surface area contributed by atoms with Crippen LogP contribution in [0, 0.1) is 11.8 Å². The summed E-state index contributed by atoms with van der Waals surface area (Å²) >= 11 is 4.13. The molecule has 4 heteroatoms. The van der Waals surface area contributed by atoms with Gasteiger partial charge in [-0.3, -0.25) is 0 Å². The van der Waals surface area contributed by atoms with Gasteiger partial charge in [0.05, 0.1) is 0 Å². The number of hydrogen-bond donors (Lipinski definition) is 0. The Hall–Kier alpha value is -0.380. The average molecular weight is 350 g/mol. The Morgan fingerprint density at radius 3 is 2.57 bits per heavy atom. The molecule has 6 rings (SSSR count). The number of halogens is 1. The van der Waals surface area contributed by atoms with Crippen LogP contribution in [0.1, 0.15) is 69.4 Å². The molecule has 21 heavy (non-hydrogen) atoms. The molecule has 1 aliphatic heterocycles. The Labute approximate surface area is 135 Å². The van der Waals surface area contributed by atoms with E-state index in [1.165, 1.54) is 69.4 Å². The van der Waals surface area contributed by atoms with E-state index in [4.69, 9.17) is 5.10 Å². The lowest BCUT2D eigenvalue weighted by molar-refractivity contribution is 0.00837. The molecule has 4 fully saturated rings. The summed E-state index contributed by atoms with van der Waals surface area (Å²) < 4.78 is 2.94. The lowest BCUT2D eigenvalue weighted by Gasteiger charge is -2.59. The molecule has 114 valence electrons. The largest absolute Gasteiger partial charge is 0.315 e. The normalized spacial score (nSPS) is 44.6. The van der Waals surface area contributed by atoms with Gasteiger partial charge >= 0.3 is 0 Å². The lowest BCUT2D eigenvalue weighted by Crippen LogP contribution is -2.55. The van der Waals surface area contributed by atoms with E-state index in [-0.39, 0.29) is 0 Å². The van der Waals surface area contributed by atoms with Crippen molar-refractivity contribution in [2.24, 2.45) is 11.8 Å². The summed E-state index contributed by atoms with van der Waals surface area (Å²) in [6.07, 6.45) is 13.4. The van der Waals surface area contributed by atoms with Crippen molar-refractivity contribution in [3.8, 4) is 0 Å². The second-order valence-electron chi connectivity index (χ2n) is 8.29. The van der Waals surface area contributed by atoms with Gasteiger partial charge in [0.2, 0.25) is 0 Å². The molecular weight excluding hydrogens is 326 g/mol. The standard InChI is InChI=1S/C17H24BrN3/c18-17-9-12-6-13(10-17)8-16(7-12,11-17)15-20-19-14-4-2-1-3-5-21(14)15/h12-13H,1-11H2. The minimum Gasteiger partial charge on any atom is -0.315 e. The third-order valence-electron chi connectivity index (χ3n) is 6.57. The van der Waals surface area contributed by atoms with Crippen molar-refractivity contribution >= 4 is 15.9 Å². The van der Waals surface area contributed by atoms with Gasteiger partial charge in [-0.25, -0.2) is 0 Å². The fourth-order valence-corrected chi connectivity index (χ4v) is 7.74. The first-order valence-corrected chi connectivity index (χ1v) is 9.57. The van der Waals surface area contributed by atoms with Gasteiger partial charge in [-0.15, -0.1) is 10.2 Å². The predicted octanol–water partition coefficient (Wildman–Crippen LogP) is 3.99. The molecule has 2 atom stereocenters. The Kier molecular flexibility index (Phi) is 2.70. The fourth-order valence-electron chi connectivity index (χ4n) is 6.29. The molecule has 5 aliphatic rings. The van der Waals surface area contributed by atoms with Crippen LogP contribution in [-0.2, 0) is 18.4 Å². The van der Waals surface area contributed by atoms with E-state index in [9.17, 15) is 0 Å². The van der Waals surface area contributed by atoms with Crippen LogP contribution in [0.15, 0.2) is 0 Å². The Morgan fingerprint density at radius 2 is 1.81 bits per heavy atom. The highest BCUT2D eigenvalue weighted by Crippen LogP contribution is 2.64. The topological polar surface area (TPSA) is 30.7 Å². The predicted molar refractivity (Wildman–Crippen MR) is 85.6 cm³/mol. The number of nitrogens with zero attached hydrogens (tertiary/aromatic N) is 3. The number of aromatic nitrogens is 3. The van der Waals surface area contributed by atoms with Crippen LogP contribution < -0.4 is 0 Å². The zero-order chi connectivity index (χ0) is 14.1. The zero-order valence-electron chi connectivity index (χ0n) is 12.7. The smallest absolute Gasteiger partial charge is 0.139 e. The number of fused-ring (bicyclic) bond motifs is 1. The molecule has 4 aliphatic carbocycles. The third-order valence-corrected chi connectivity index (χ3v) is 7.50. The van der Waals surface area contributed by atoms with Gasteiger partial charge in [-0.05, 0) is 63.2 Å². The summed E-state index contributed by atoms with van der Waals surface area (Å²) in [4.78, 5) is 0. The molecule has 2 unspecified atom stereocenters. The molecular formula is C17H24BrN3. The van der Waals surface area contributed by atoms with Gasteiger partial charge in [0.15, 0.2) is 0 Å². The first-order valence-electron chi connectivity index (χ1n) is 8.77. The van der Waals surface area contributed by atoms with Gasteiger partial charge < -0.3 is 4.57 Å². The molecule has 0 spiro atoms. The summed E-state index contributed by atoms with van der Waals surface area (Å²) in [6.45, 7) is 1.16. The van der Waals surface area contributed by atoms with Crippen molar-refractivity contribution in [3.63, 3.8) is 0 Å². The van der Waals surface area contributed by atoms with Crippen LogP contribution >= 0.6 is 15.9 Å². The van der Waals surface area contributed by atoms with E-state index in [0.717, 1.165) is 24.8 Å². The summed E-state index contributed by atoms with van der Waals surface area (Å²) in [6, 6.07) is 0. The SMILES string of the molecule is BrC12CC3CC(C1)CC(c1nnc4n1CCCCC4)(C3)C2. The maximum atomic E-state index is 4.75. The first kappa shape index (κ1) is 13.1. The first-order chi connectivity index (χ1) is 10.2. The highest BCUT2D eigenvalue weighted by atomic mass is 79.9.